The van der Waals surface area contributed by atoms with Gasteiger partial charge in [0.05, 0.1) is 17.4 Å². The molecule has 0 aliphatic heterocycles. The third kappa shape index (κ3) is 2.07. The highest BCUT2D eigenvalue weighted by Crippen LogP contribution is 2.26. The van der Waals surface area contributed by atoms with E-state index in [1.54, 1.807) is 6.33 Å². The van der Waals surface area contributed by atoms with Crippen LogP contribution in [0.15, 0.2) is 12.4 Å². The Balaban J connectivity index is 2.34. The molecule has 1 aromatic carbocycles. The molecular formula is C12H16BrN3. The van der Waals surface area contributed by atoms with Crippen LogP contribution in [-0.2, 0) is 0 Å². The van der Waals surface area contributed by atoms with Crippen molar-refractivity contribution in [2.24, 2.45) is 0 Å². The molecule has 1 heterocycles. The van der Waals surface area contributed by atoms with E-state index in [1.807, 2.05) is 0 Å². The van der Waals surface area contributed by atoms with E-state index in [0.29, 0.717) is 0 Å². The monoisotopic (exact) mass is 281 g/mol. The average Bonchev–Trinajstić information content (AvgIpc) is 2.75. The number of imidazole rings is 1. The predicted octanol–water partition coefficient (Wildman–Crippen LogP) is 3.38. The van der Waals surface area contributed by atoms with Gasteiger partial charge in [0.2, 0.25) is 0 Å². The van der Waals surface area contributed by atoms with Gasteiger partial charge < -0.3 is 10.3 Å². The lowest BCUT2D eigenvalue weighted by atomic mass is 10.1. The molecule has 0 atom stereocenters. The van der Waals surface area contributed by atoms with Crippen LogP contribution in [0.1, 0.15) is 17.5 Å². The van der Waals surface area contributed by atoms with Gasteiger partial charge in [0.1, 0.15) is 0 Å². The van der Waals surface area contributed by atoms with E-state index in [9.17, 15) is 0 Å². The Morgan fingerprint density at radius 2 is 2.25 bits per heavy atom. The minimum atomic E-state index is 0.988. The van der Waals surface area contributed by atoms with Gasteiger partial charge in [-0.05, 0) is 31.9 Å². The van der Waals surface area contributed by atoms with E-state index in [-0.39, 0.29) is 0 Å². The van der Waals surface area contributed by atoms with Gasteiger partial charge in [-0.25, -0.2) is 4.98 Å². The number of hydrogen-bond acceptors (Lipinski definition) is 2. The molecule has 2 aromatic rings. The van der Waals surface area contributed by atoms with Crippen LogP contribution in [0.25, 0.3) is 11.0 Å². The smallest absolute Gasteiger partial charge is 0.0935 e. The van der Waals surface area contributed by atoms with E-state index < -0.39 is 0 Å². The number of alkyl halides is 1. The number of nitrogens with one attached hydrogen (secondary N) is 2. The van der Waals surface area contributed by atoms with Gasteiger partial charge in [0, 0.05) is 23.1 Å². The molecule has 16 heavy (non-hydrogen) atoms. The second-order valence-electron chi connectivity index (χ2n) is 3.96. The molecule has 2 N–H and O–H groups in total. The summed E-state index contributed by atoms with van der Waals surface area (Å²) in [4.78, 5) is 7.54. The minimum Gasteiger partial charge on any atom is -0.385 e. The highest BCUT2D eigenvalue weighted by Gasteiger charge is 2.08. The van der Waals surface area contributed by atoms with Crippen LogP contribution in [0, 0.1) is 13.8 Å². The molecule has 0 unspecified atom stereocenters. The van der Waals surface area contributed by atoms with Crippen molar-refractivity contribution in [3.05, 3.63) is 23.5 Å². The molecule has 4 heteroatoms. The van der Waals surface area contributed by atoms with Gasteiger partial charge in [-0.2, -0.15) is 0 Å². The van der Waals surface area contributed by atoms with Gasteiger partial charge in [-0.3, -0.25) is 0 Å². The first-order valence-corrected chi connectivity index (χ1v) is 6.59. The fraction of sp³-hybridized carbons (Fsp3) is 0.417. The molecule has 3 nitrogen and oxygen atoms in total. The molecule has 0 saturated heterocycles. The Bertz CT molecular complexity index is 490. The lowest BCUT2D eigenvalue weighted by molar-refractivity contribution is 0.997. The maximum Gasteiger partial charge on any atom is 0.0935 e. The number of aryl methyl sites for hydroxylation is 2. The number of aromatic amines is 1. The van der Waals surface area contributed by atoms with Crippen molar-refractivity contribution >= 4 is 32.7 Å². The van der Waals surface area contributed by atoms with E-state index in [0.717, 1.165) is 29.3 Å². The van der Waals surface area contributed by atoms with Gasteiger partial charge in [0.25, 0.3) is 0 Å². The number of nitrogens with zero attached hydrogens (tertiary/aromatic N) is 1. The number of aromatic nitrogens is 2. The van der Waals surface area contributed by atoms with E-state index >= 15 is 0 Å². The molecule has 0 aliphatic rings. The summed E-state index contributed by atoms with van der Waals surface area (Å²) < 4.78 is 0. The third-order valence-electron chi connectivity index (χ3n) is 2.78. The Labute approximate surface area is 104 Å². The van der Waals surface area contributed by atoms with Crippen molar-refractivity contribution in [1.29, 1.82) is 0 Å². The number of H-pyrrole nitrogens is 1. The molecule has 2 rings (SSSR count). The van der Waals surface area contributed by atoms with Crippen molar-refractivity contribution in [2.45, 2.75) is 20.3 Å². The Morgan fingerprint density at radius 3 is 3.00 bits per heavy atom. The first-order chi connectivity index (χ1) is 7.74. The molecule has 0 spiro atoms. The van der Waals surface area contributed by atoms with E-state index in [1.165, 1.54) is 16.8 Å². The molecule has 86 valence electrons. The lowest BCUT2D eigenvalue weighted by Crippen LogP contribution is -2.04. The molecule has 0 bridgehead atoms. The van der Waals surface area contributed by atoms with Crippen LogP contribution < -0.4 is 5.32 Å². The molecule has 1 aromatic heterocycles. The number of fused-ring (bicyclic) bond motifs is 1. The first-order valence-electron chi connectivity index (χ1n) is 5.47. The Hall–Kier alpha value is -1.03. The molecule has 0 amide bonds. The summed E-state index contributed by atoms with van der Waals surface area (Å²) in [7, 11) is 0. The zero-order valence-electron chi connectivity index (χ0n) is 9.60. The Morgan fingerprint density at radius 1 is 1.44 bits per heavy atom. The van der Waals surface area contributed by atoms with Crippen molar-refractivity contribution in [2.75, 3.05) is 17.2 Å². The highest BCUT2D eigenvalue weighted by molar-refractivity contribution is 9.09. The number of hydrogen-bond donors (Lipinski definition) is 2. The summed E-state index contributed by atoms with van der Waals surface area (Å²) in [5.41, 5.74) is 5.86. The fourth-order valence-electron chi connectivity index (χ4n) is 1.88. The van der Waals surface area contributed by atoms with Crippen LogP contribution in [0.3, 0.4) is 0 Å². The number of rotatable bonds is 4. The summed E-state index contributed by atoms with van der Waals surface area (Å²) in [5.74, 6) is 0. The van der Waals surface area contributed by atoms with E-state index in [2.05, 4.69) is 51.1 Å². The maximum atomic E-state index is 4.36. The van der Waals surface area contributed by atoms with Crippen LogP contribution in [0.4, 0.5) is 5.69 Å². The number of halogens is 1. The fourth-order valence-corrected chi connectivity index (χ4v) is 2.16. The zero-order valence-corrected chi connectivity index (χ0v) is 11.2. The van der Waals surface area contributed by atoms with Gasteiger partial charge in [-0.1, -0.05) is 15.9 Å². The maximum absolute atomic E-state index is 4.36. The van der Waals surface area contributed by atoms with Crippen molar-refractivity contribution in [3.63, 3.8) is 0 Å². The van der Waals surface area contributed by atoms with Gasteiger partial charge in [0.15, 0.2) is 0 Å². The largest absolute Gasteiger partial charge is 0.385 e. The van der Waals surface area contributed by atoms with Crippen LogP contribution in [0.2, 0.25) is 0 Å². The second-order valence-corrected chi connectivity index (χ2v) is 4.75. The standard InChI is InChI=1S/C12H16BrN3/c1-8-6-10(14-5-3-4-13)9(2)12-11(8)15-7-16-12/h6-7,14H,3-5H2,1-2H3,(H,15,16). The summed E-state index contributed by atoms with van der Waals surface area (Å²) in [6, 6.07) is 2.18. The number of benzene rings is 1. The summed E-state index contributed by atoms with van der Waals surface area (Å²) >= 11 is 3.43. The molecule has 0 radical (unpaired) electrons. The van der Waals surface area contributed by atoms with E-state index in [4.69, 9.17) is 0 Å². The highest BCUT2D eigenvalue weighted by atomic mass is 79.9. The summed E-state index contributed by atoms with van der Waals surface area (Å²) in [5, 5.41) is 4.48. The van der Waals surface area contributed by atoms with Crippen LogP contribution in [0.5, 0.6) is 0 Å². The molecule has 0 fully saturated rings. The normalized spacial score (nSPS) is 10.9. The first kappa shape index (κ1) is 11.5. The summed E-state index contributed by atoms with van der Waals surface area (Å²) in [6.07, 6.45) is 2.88. The zero-order chi connectivity index (χ0) is 11.5. The summed E-state index contributed by atoms with van der Waals surface area (Å²) in [6.45, 7) is 5.20. The average molecular weight is 282 g/mol. The predicted molar refractivity (Wildman–Crippen MR) is 72.5 cm³/mol. The van der Waals surface area contributed by atoms with Gasteiger partial charge in [-0.15, -0.1) is 0 Å². The number of anilines is 1. The van der Waals surface area contributed by atoms with Crippen molar-refractivity contribution in [1.82, 2.24) is 9.97 Å². The molecular weight excluding hydrogens is 266 g/mol. The van der Waals surface area contributed by atoms with Gasteiger partial charge >= 0.3 is 0 Å². The third-order valence-corrected chi connectivity index (χ3v) is 3.34. The lowest BCUT2D eigenvalue weighted by Gasteiger charge is -2.10. The topological polar surface area (TPSA) is 40.7 Å². The minimum absolute atomic E-state index is 0.988. The van der Waals surface area contributed by atoms with Crippen molar-refractivity contribution in [3.8, 4) is 0 Å². The second kappa shape index (κ2) is 4.87. The quantitative estimate of drug-likeness (QED) is 0.666. The molecule has 0 saturated carbocycles. The Kier molecular flexibility index (Phi) is 3.49. The SMILES string of the molecule is Cc1c(NCCCBr)cc(C)c2[nH]cnc12. The van der Waals surface area contributed by atoms with Crippen molar-refractivity contribution < 1.29 is 0 Å². The van der Waals surface area contributed by atoms with Crippen LogP contribution in [-0.4, -0.2) is 21.8 Å². The molecule has 0 aliphatic carbocycles. The van der Waals surface area contributed by atoms with Crippen LogP contribution >= 0.6 is 15.9 Å².